The quantitative estimate of drug-likeness (QED) is 0.466. The number of benzene rings is 2. The molecule has 35 heavy (non-hydrogen) atoms. The third-order valence-electron chi connectivity index (χ3n) is 6.26. The summed E-state index contributed by atoms with van der Waals surface area (Å²) in [4.78, 5) is 48.2. The highest BCUT2D eigenvalue weighted by Gasteiger charge is 2.31. The summed E-state index contributed by atoms with van der Waals surface area (Å²) in [6, 6.07) is 10.4. The van der Waals surface area contributed by atoms with Crippen LogP contribution in [0, 0.1) is 6.92 Å². The van der Waals surface area contributed by atoms with E-state index >= 15 is 0 Å². The Balaban J connectivity index is 1.48. The topological polar surface area (TPSA) is 83.0 Å². The maximum absolute atomic E-state index is 13.8. The standard InChI is InChI=1S/C25H25ClN4O4S/c1-16-13-18(26)15-20-23(16)27-25(35-20)29(8-7-28-9-11-34-12-10-28)24(33)17-3-2-4-19(14-17)30-21(31)5-6-22(30)32/h2-4,13-15H,5-12H2,1H3. The molecule has 2 fully saturated rings. The van der Waals surface area contributed by atoms with Crippen molar-refractivity contribution in [3.63, 3.8) is 0 Å². The Morgan fingerprint density at radius 3 is 2.63 bits per heavy atom. The van der Waals surface area contributed by atoms with E-state index in [4.69, 9.17) is 21.3 Å². The van der Waals surface area contributed by atoms with Crippen LogP contribution in [0.25, 0.3) is 10.2 Å². The predicted octanol–water partition coefficient (Wildman–Crippen LogP) is 3.89. The van der Waals surface area contributed by atoms with Crippen molar-refractivity contribution in [1.29, 1.82) is 0 Å². The monoisotopic (exact) mass is 512 g/mol. The van der Waals surface area contributed by atoms with Crippen LogP contribution in [0.15, 0.2) is 36.4 Å². The number of imide groups is 1. The molecule has 3 heterocycles. The molecule has 2 saturated heterocycles. The van der Waals surface area contributed by atoms with Gasteiger partial charge in [-0.3, -0.25) is 29.1 Å². The van der Waals surface area contributed by atoms with Gasteiger partial charge in [-0.15, -0.1) is 0 Å². The second-order valence-electron chi connectivity index (χ2n) is 8.65. The molecule has 0 aliphatic carbocycles. The summed E-state index contributed by atoms with van der Waals surface area (Å²) < 4.78 is 6.36. The summed E-state index contributed by atoms with van der Waals surface area (Å²) in [5.41, 5.74) is 2.58. The van der Waals surface area contributed by atoms with Crippen molar-refractivity contribution >= 4 is 61.7 Å². The summed E-state index contributed by atoms with van der Waals surface area (Å²) >= 11 is 7.68. The van der Waals surface area contributed by atoms with Crippen molar-refractivity contribution in [3.05, 3.63) is 52.5 Å². The van der Waals surface area contributed by atoms with Crippen molar-refractivity contribution in [1.82, 2.24) is 9.88 Å². The Morgan fingerprint density at radius 2 is 1.89 bits per heavy atom. The van der Waals surface area contributed by atoms with E-state index < -0.39 is 0 Å². The van der Waals surface area contributed by atoms with Crippen LogP contribution < -0.4 is 9.80 Å². The number of aromatic nitrogens is 1. The molecule has 0 bridgehead atoms. The molecule has 0 spiro atoms. The van der Waals surface area contributed by atoms with E-state index in [2.05, 4.69) is 4.90 Å². The predicted molar refractivity (Wildman–Crippen MR) is 136 cm³/mol. The molecule has 10 heteroatoms. The number of morpholine rings is 1. The number of hydrogen-bond acceptors (Lipinski definition) is 7. The van der Waals surface area contributed by atoms with Crippen LogP contribution in [0.5, 0.6) is 0 Å². The highest BCUT2D eigenvalue weighted by molar-refractivity contribution is 7.22. The first kappa shape index (κ1) is 23.9. The molecule has 3 amide bonds. The summed E-state index contributed by atoms with van der Waals surface area (Å²) in [5.74, 6) is -0.730. The van der Waals surface area contributed by atoms with E-state index in [1.54, 1.807) is 29.2 Å². The summed E-state index contributed by atoms with van der Waals surface area (Å²) in [5, 5.41) is 1.21. The lowest BCUT2D eigenvalue weighted by Gasteiger charge is -2.29. The number of anilines is 2. The second kappa shape index (κ2) is 10.0. The van der Waals surface area contributed by atoms with Crippen LogP contribution in [0.4, 0.5) is 10.8 Å². The number of halogens is 1. The Hall–Kier alpha value is -2.85. The SMILES string of the molecule is Cc1cc(Cl)cc2sc(N(CCN3CCOCC3)C(=O)c3cccc(N4C(=O)CCC4=O)c3)nc12. The van der Waals surface area contributed by atoms with Crippen molar-refractivity contribution < 1.29 is 19.1 Å². The number of ether oxygens (including phenoxy) is 1. The maximum Gasteiger partial charge on any atom is 0.260 e. The molecule has 2 aliphatic heterocycles. The highest BCUT2D eigenvalue weighted by atomic mass is 35.5. The number of rotatable bonds is 6. The van der Waals surface area contributed by atoms with Gasteiger partial charge in [-0.25, -0.2) is 4.98 Å². The third-order valence-corrected chi connectivity index (χ3v) is 7.50. The lowest BCUT2D eigenvalue weighted by Crippen LogP contribution is -2.43. The minimum atomic E-state index is -0.248. The minimum absolute atomic E-state index is 0.191. The Labute approximate surface area is 212 Å². The Bertz CT molecular complexity index is 1290. The van der Waals surface area contributed by atoms with E-state index in [1.165, 1.54) is 11.3 Å². The van der Waals surface area contributed by atoms with Gasteiger partial charge in [-0.05, 0) is 42.8 Å². The Kier molecular flexibility index (Phi) is 6.84. The van der Waals surface area contributed by atoms with Gasteiger partial charge >= 0.3 is 0 Å². The third kappa shape index (κ3) is 4.95. The molecule has 0 saturated carbocycles. The van der Waals surface area contributed by atoms with Gasteiger partial charge in [0.2, 0.25) is 11.8 Å². The van der Waals surface area contributed by atoms with Gasteiger partial charge in [0.15, 0.2) is 5.13 Å². The van der Waals surface area contributed by atoms with E-state index in [0.717, 1.165) is 33.8 Å². The van der Waals surface area contributed by atoms with Crippen molar-refractivity contribution in [2.45, 2.75) is 19.8 Å². The fourth-order valence-electron chi connectivity index (χ4n) is 4.41. The summed E-state index contributed by atoms with van der Waals surface area (Å²) in [6.07, 6.45) is 0.382. The second-order valence-corrected chi connectivity index (χ2v) is 10.1. The van der Waals surface area contributed by atoms with Crippen molar-refractivity contribution in [2.24, 2.45) is 0 Å². The maximum atomic E-state index is 13.8. The van der Waals surface area contributed by atoms with Gasteiger partial charge in [-0.2, -0.15) is 0 Å². The zero-order chi connectivity index (χ0) is 24.5. The molecule has 0 atom stereocenters. The highest BCUT2D eigenvalue weighted by Crippen LogP contribution is 2.34. The molecule has 2 aromatic carbocycles. The minimum Gasteiger partial charge on any atom is -0.379 e. The molecule has 0 N–H and O–H groups in total. The van der Waals surface area contributed by atoms with Gasteiger partial charge in [0.25, 0.3) is 5.91 Å². The fraction of sp³-hybridized carbons (Fsp3) is 0.360. The molecule has 1 aromatic heterocycles. The molecule has 182 valence electrons. The van der Waals surface area contributed by atoms with Gasteiger partial charge in [0, 0.05) is 49.6 Å². The number of carbonyl (C=O) groups is 3. The molecular weight excluding hydrogens is 488 g/mol. The number of aryl methyl sites for hydroxylation is 1. The van der Waals surface area contributed by atoms with E-state index in [0.29, 0.717) is 47.7 Å². The molecule has 2 aliphatic rings. The first-order chi connectivity index (χ1) is 16.9. The van der Waals surface area contributed by atoms with Crippen LogP contribution in [-0.4, -0.2) is 67.0 Å². The Morgan fingerprint density at radius 1 is 1.14 bits per heavy atom. The number of fused-ring (bicyclic) bond motifs is 1. The van der Waals surface area contributed by atoms with E-state index in [9.17, 15) is 14.4 Å². The van der Waals surface area contributed by atoms with Crippen LogP contribution >= 0.6 is 22.9 Å². The van der Waals surface area contributed by atoms with Crippen LogP contribution in [0.2, 0.25) is 5.02 Å². The van der Waals surface area contributed by atoms with Crippen LogP contribution in [0.3, 0.4) is 0 Å². The average Bonchev–Trinajstić information content (AvgIpc) is 3.42. The van der Waals surface area contributed by atoms with Gasteiger partial charge in [-0.1, -0.05) is 29.0 Å². The molecule has 0 radical (unpaired) electrons. The first-order valence-electron chi connectivity index (χ1n) is 11.6. The normalized spacial score (nSPS) is 16.9. The zero-order valence-electron chi connectivity index (χ0n) is 19.3. The average molecular weight is 513 g/mol. The van der Waals surface area contributed by atoms with Gasteiger partial charge in [0.1, 0.15) is 0 Å². The van der Waals surface area contributed by atoms with Gasteiger partial charge < -0.3 is 4.74 Å². The lowest BCUT2D eigenvalue weighted by atomic mass is 10.1. The van der Waals surface area contributed by atoms with Crippen LogP contribution in [-0.2, 0) is 14.3 Å². The number of carbonyl (C=O) groups excluding carboxylic acids is 3. The summed E-state index contributed by atoms with van der Waals surface area (Å²) in [7, 11) is 0. The number of amides is 3. The molecule has 3 aromatic rings. The van der Waals surface area contributed by atoms with Crippen LogP contribution in [0.1, 0.15) is 28.8 Å². The fourth-order valence-corrected chi connectivity index (χ4v) is 5.85. The van der Waals surface area contributed by atoms with E-state index in [-0.39, 0.29) is 30.6 Å². The largest absolute Gasteiger partial charge is 0.379 e. The molecular formula is C25H25ClN4O4S. The molecule has 8 nitrogen and oxygen atoms in total. The molecule has 5 rings (SSSR count). The van der Waals surface area contributed by atoms with Crippen molar-refractivity contribution in [2.75, 3.05) is 49.2 Å². The first-order valence-corrected chi connectivity index (χ1v) is 12.7. The van der Waals surface area contributed by atoms with Gasteiger partial charge in [0.05, 0.1) is 29.1 Å². The molecule has 0 unspecified atom stereocenters. The number of hydrogen-bond donors (Lipinski definition) is 0. The van der Waals surface area contributed by atoms with E-state index in [1.807, 2.05) is 19.1 Å². The summed E-state index contributed by atoms with van der Waals surface area (Å²) in [6.45, 7) is 6.03. The van der Waals surface area contributed by atoms with Crippen molar-refractivity contribution in [3.8, 4) is 0 Å². The lowest BCUT2D eigenvalue weighted by molar-refractivity contribution is -0.121. The number of thiazole rings is 1. The number of nitrogens with zero attached hydrogens (tertiary/aromatic N) is 4. The zero-order valence-corrected chi connectivity index (χ0v) is 20.9. The smallest absolute Gasteiger partial charge is 0.260 e.